The molecule has 22 heavy (non-hydrogen) atoms. The van der Waals surface area contributed by atoms with Gasteiger partial charge in [0.2, 0.25) is 0 Å². The Morgan fingerprint density at radius 2 is 1.77 bits per heavy atom. The molecule has 0 fully saturated rings. The van der Waals surface area contributed by atoms with Gasteiger partial charge in [0.05, 0.1) is 11.3 Å². The zero-order chi connectivity index (χ0) is 16.3. The Hall–Kier alpha value is -1.32. The molecule has 0 bridgehead atoms. The first-order valence-electron chi connectivity index (χ1n) is 7.41. The maximum Gasteiger partial charge on any atom is 0.122 e. The second kappa shape index (κ2) is 7.30. The zero-order valence-corrected chi connectivity index (χ0v) is 15.4. The van der Waals surface area contributed by atoms with Crippen molar-refractivity contribution in [1.82, 2.24) is 0 Å². The highest BCUT2D eigenvalue weighted by Crippen LogP contribution is 2.36. The number of thiocarbonyl (C=S) groups is 1. The minimum atomic E-state index is 0.402. The van der Waals surface area contributed by atoms with Crippen molar-refractivity contribution in [2.75, 3.05) is 7.11 Å². The Balaban J connectivity index is 2.46. The van der Waals surface area contributed by atoms with Crippen LogP contribution in [0.5, 0.6) is 5.75 Å². The molecule has 0 aliphatic carbocycles. The molecule has 0 aliphatic heterocycles. The van der Waals surface area contributed by atoms with Crippen molar-refractivity contribution in [3.8, 4) is 5.75 Å². The van der Waals surface area contributed by atoms with Crippen LogP contribution in [-0.2, 0) is 0 Å². The monoisotopic (exact) mass is 330 g/mol. The van der Waals surface area contributed by atoms with E-state index in [2.05, 4.69) is 45.9 Å². The second-order valence-electron chi connectivity index (χ2n) is 5.67. The predicted molar refractivity (Wildman–Crippen MR) is 101 cm³/mol. The minimum absolute atomic E-state index is 0.402. The summed E-state index contributed by atoms with van der Waals surface area (Å²) in [5.41, 5.74) is 4.83. The summed E-state index contributed by atoms with van der Waals surface area (Å²) < 4.78 is 6.49. The fourth-order valence-corrected chi connectivity index (χ4v) is 4.34. The maximum atomic E-state index is 5.73. The van der Waals surface area contributed by atoms with E-state index in [-0.39, 0.29) is 0 Å². The van der Waals surface area contributed by atoms with Gasteiger partial charge < -0.3 is 4.74 Å². The number of hydrogen-bond acceptors (Lipinski definition) is 3. The lowest BCUT2D eigenvalue weighted by atomic mass is 9.91. The Bertz CT molecular complexity index is 676. The Morgan fingerprint density at radius 1 is 1.14 bits per heavy atom. The lowest BCUT2D eigenvalue weighted by molar-refractivity contribution is 0.406. The first kappa shape index (κ1) is 17.0. The van der Waals surface area contributed by atoms with Crippen LogP contribution in [0.2, 0.25) is 0 Å². The van der Waals surface area contributed by atoms with Crippen molar-refractivity contribution < 1.29 is 4.74 Å². The first-order valence-corrected chi connectivity index (χ1v) is 8.63. The van der Waals surface area contributed by atoms with E-state index in [0.29, 0.717) is 5.92 Å². The van der Waals surface area contributed by atoms with Crippen LogP contribution in [0.4, 0.5) is 0 Å². The van der Waals surface area contributed by atoms with E-state index >= 15 is 0 Å². The number of rotatable bonds is 4. The molecule has 2 aromatic rings. The van der Waals surface area contributed by atoms with Gasteiger partial charge in [-0.1, -0.05) is 56.0 Å². The Kier molecular flexibility index (Phi) is 5.65. The normalized spacial score (nSPS) is 10.8. The van der Waals surface area contributed by atoms with Gasteiger partial charge in [-0.3, -0.25) is 0 Å². The molecule has 0 aliphatic rings. The molecule has 0 saturated carbocycles. The summed E-state index contributed by atoms with van der Waals surface area (Å²) in [6.45, 7) is 8.64. The lowest BCUT2D eigenvalue weighted by Gasteiger charge is -2.20. The summed E-state index contributed by atoms with van der Waals surface area (Å²) in [6, 6.07) is 12.4. The van der Waals surface area contributed by atoms with Gasteiger partial charge in [-0.2, -0.15) is 0 Å². The largest absolute Gasteiger partial charge is 0.496 e. The number of methoxy groups -OCH3 is 1. The topological polar surface area (TPSA) is 9.23 Å². The molecule has 0 heterocycles. The molecule has 2 aromatic carbocycles. The van der Waals surface area contributed by atoms with Gasteiger partial charge in [0.25, 0.3) is 0 Å². The summed E-state index contributed by atoms with van der Waals surface area (Å²) in [6.07, 6.45) is 0. The summed E-state index contributed by atoms with van der Waals surface area (Å²) in [4.78, 5) is 1.17. The van der Waals surface area contributed by atoms with Crippen LogP contribution in [-0.4, -0.2) is 11.3 Å². The van der Waals surface area contributed by atoms with Gasteiger partial charge in [0, 0.05) is 16.0 Å². The molecule has 0 radical (unpaired) electrons. The highest BCUT2D eigenvalue weighted by atomic mass is 32.2. The van der Waals surface area contributed by atoms with E-state index in [9.17, 15) is 0 Å². The summed E-state index contributed by atoms with van der Waals surface area (Å²) in [5.74, 6) is 1.36. The number of thioether (sulfide) groups is 1. The van der Waals surface area contributed by atoms with Gasteiger partial charge >= 0.3 is 0 Å². The molecule has 0 spiro atoms. The average Bonchev–Trinajstić information content (AvgIpc) is 2.46. The van der Waals surface area contributed by atoms with Crippen LogP contribution >= 0.6 is 24.0 Å². The van der Waals surface area contributed by atoms with Gasteiger partial charge in [-0.15, -0.1) is 0 Å². The van der Waals surface area contributed by atoms with Crippen molar-refractivity contribution in [1.29, 1.82) is 0 Å². The van der Waals surface area contributed by atoms with Gasteiger partial charge in [0.15, 0.2) is 0 Å². The molecule has 0 N–H and O–H groups in total. The fraction of sp³-hybridized carbons (Fsp3) is 0.316. The van der Waals surface area contributed by atoms with Crippen LogP contribution in [0.3, 0.4) is 0 Å². The summed E-state index contributed by atoms with van der Waals surface area (Å²) in [5, 5.41) is 0. The van der Waals surface area contributed by atoms with Crippen LogP contribution in [0, 0.1) is 13.8 Å². The standard InChI is InChI=1S/C19H22OS2/c1-12(2)17-14(4)18(13(3)11-16(17)20-5)19(21)22-15-9-7-6-8-10-15/h6-12H,1-5H3. The van der Waals surface area contributed by atoms with Gasteiger partial charge in [-0.05, 0) is 49.1 Å². The number of hydrogen-bond donors (Lipinski definition) is 0. The minimum Gasteiger partial charge on any atom is -0.496 e. The van der Waals surface area contributed by atoms with E-state index in [1.165, 1.54) is 27.1 Å². The molecular weight excluding hydrogens is 308 g/mol. The third-order valence-electron chi connectivity index (χ3n) is 3.74. The fourth-order valence-electron chi connectivity index (χ4n) is 2.81. The molecule has 0 atom stereocenters. The SMILES string of the molecule is COc1cc(C)c(C(=S)Sc2ccccc2)c(C)c1C(C)C. The van der Waals surface area contributed by atoms with Crippen molar-refractivity contribution in [2.45, 2.75) is 38.5 Å². The highest BCUT2D eigenvalue weighted by molar-refractivity contribution is 8.23. The molecule has 116 valence electrons. The smallest absolute Gasteiger partial charge is 0.122 e. The van der Waals surface area contributed by atoms with Gasteiger partial charge in [0.1, 0.15) is 5.75 Å². The molecular formula is C19H22OS2. The van der Waals surface area contributed by atoms with Crippen LogP contribution in [0.15, 0.2) is 41.3 Å². The molecule has 1 nitrogen and oxygen atoms in total. The van der Waals surface area contributed by atoms with Crippen molar-refractivity contribution in [3.63, 3.8) is 0 Å². The molecule has 0 amide bonds. The third kappa shape index (κ3) is 3.53. The number of aryl methyl sites for hydroxylation is 1. The van der Waals surface area contributed by atoms with Crippen molar-refractivity contribution in [3.05, 3.63) is 58.7 Å². The molecule has 0 unspecified atom stereocenters. The van der Waals surface area contributed by atoms with E-state index in [1.54, 1.807) is 18.9 Å². The summed E-state index contributed by atoms with van der Waals surface area (Å²) >= 11 is 7.37. The quantitative estimate of drug-likeness (QED) is 0.510. The van der Waals surface area contributed by atoms with Crippen LogP contribution < -0.4 is 4.74 Å². The highest BCUT2D eigenvalue weighted by Gasteiger charge is 2.19. The Morgan fingerprint density at radius 3 is 2.32 bits per heavy atom. The number of benzene rings is 2. The Labute approximate surface area is 143 Å². The molecule has 3 heteroatoms. The summed E-state index contributed by atoms with van der Waals surface area (Å²) in [7, 11) is 1.73. The third-order valence-corrected chi connectivity index (χ3v) is 5.09. The molecule has 2 rings (SSSR count). The molecule has 0 saturated heterocycles. The van der Waals surface area contributed by atoms with E-state index in [1.807, 2.05) is 18.2 Å². The van der Waals surface area contributed by atoms with E-state index in [0.717, 1.165) is 9.95 Å². The van der Waals surface area contributed by atoms with E-state index < -0.39 is 0 Å². The van der Waals surface area contributed by atoms with Crippen LogP contribution in [0.25, 0.3) is 0 Å². The van der Waals surface area contributed by atoms with Gasteiger partial charge in [-0.25, -0.2) is 0 Å². The number of ether oxygens (including phenoxy) is 1. The maximum absolute atomic E-state index is 5.73. The van der Waals surface area contributed by atoms with Crippen molar-refractivity contribution >= 4 is 28.2 Å². The predicted octanol–water partition coefficient (Wildman–Crippen LogP) is 5.90. The molecule has 0 aromatic heterocycles. The van der Waals surface area contributed by atoms with E-state index in [4.69, 9.17) is 17.0 Å². The lowest BCUT2D eigenvalue weighted by Crippen LogP contribution is -2.06. The van der Waals surface area contributed by atoms with Crippen molar-refractivity contribution in [2.24, 2.45) is 0 Å². The second-order valence-corrected chi connectivity index (χ2v) is 7.42. The van der Waals surface area contributed by atoms with Crippen LogP contribution in [0.1, 0.15) is 42.0 Å². The zero-order valence-electron chi connectivity index (χ0n) is 13.8. The first-order chi connectivity index (χ1) is 10.5. The average molecular weight is 331 g/mol.